The summed E-state index contributed by atoms with van der Waals surface area (Å²) in [5, 5.41) is 16.7. The molecular weight excluding hydrogens is 258 g/mol. The molecule has 1 fully saturated rings. The maximum atomic E-state index is 11.6. The minimum Gasteiger partial charge on any atom is -0.352 e. The molecule has 0 aromatic heterocycles. The molecule has 0 radical (unpaired) electrons. The second-order valence-corrected chi connectivity index (χ2v) is 4.79. The van der Waals surface area contributed by atoms with Gasteiger partial charge in [0.05, 0.1) is 4.92 Å². The van der Waals surface area contributed by atoms with Gasteiger partial charge >= 0.3 is 0 Å². The zero-order valence-electron chi connectivity index (χ0n) is 11.0. The lowest BCUT2D eigenvalue weighted by atomic mass is 10.1. The molecule has 1 saturated heterocycles. The van der Waals surface area contributed by atoms with E-state index in [0.717, 1.165) is 19.5 Å². The van der Waals surface area contributed by atoms with E-state index in [1.807, 2.05) is 0 Å². The molecule has 0 bridgehead atoms. The number of amides is 1. The van der Waals surface area contributed by atoms with Crippen molar-refractivity contribution in [3.63, 3.8) is 0 Å². The van der Waals surface area contributed by atoms with Crippen molar-refractivity contribution in [3.8, 4) is 0 Å². The Bertz CT molecular complexity index is 522. The van der Waals surface area contributed by atoms with Gasteiger partial charge in [-0.05, 0) is 37.1 Å². The van der Waals surface area contributed by atoms with Crippen molar-refractivity contribution < 1.29 is 9.72 Å². The van der Waals surface area contributed by atoms with Crippen LogP contribution in [0.1, 0.15) is 12.0 Å². The van der Waals surface area contributed by atoms with Gasteiger partial charge in [-0.3, -0.25) is 14.9 Å². The molecule has 2 N–H and O–H groups in total. The van der Waals surface area contributed by atoms with Gasteiger partial charge in [0, 0.05) is 24.8 Å². The van der Waals surface area contributed by atoms with E-state index in [0.29, 0.717) is 18.0 Å². The van der Waals surface area contributed by atoms with Gasteiger partial charge in [0.25, 0.3) is 5.69 Å². The van der Waals surface area contributed by atoms with Gasteiger partial charge in [0.1, 0.15) is 0 Å². The fraction of sp³-hybridized carbons (Fsp3) is 0.357. The van der Waals surface area contributed by atoms with Gasteiger partial charge < -0.3 is 10.6 Å². The first-order chi connectivity index (χ1) is 9.65. The van der Waals surface area contributed by atoms with Crippen molar-refractivity contribution in [3.05, 3.63) is 46.0 Å². The molecule has 1 amide bonds. The lowest BCUT2D eigenvalue weighted by Gasteiger charge is -2.07. The maximum absolute atomic E-state index is 11.6. The molecular formula is C14H17N3O3. The molecule has 6 nitrogen and oxygen atoms in total. The van der Waals surface area contributed by atoms with Crippen LogP contribution in [0.4, 0.5) is 5.69 Å². The second kappa shape index (κ2) is 6.81. The number of non-ortho nitro benzene ring substituents is 1. The van der Waals surface area contributed by atoms with Crippen LogP contribution in [-0.4, -0.2) is 30.5 Å². The van der Waals surface area contributed by atoms with Crippen LogP contribution >= 0.6 is 0 Å². The first kappa shape index (κ1) is 14.2. The summed E-state index contributed by atoms with van der Waals surface area (Å²) in [6.07, 6.45) is 4.06. The molecule has 106 valence electrons. The summed E-state index contributed by atoms with van der Waals surface area (Å²) < 4.78 is 0. The maximum Gasteiger partial charge on any atom is 0.270 e. The largest absolute Gasteiger partial charge is 0.352 e. The third-order valence-electron chi connectivity index (χ3n) is 3.24. The Morgan fingerprint density at radius 2 is 2.40 bits per heavy atom. The Labute approximate surface area is 117 Å². The van der Waals surface area contributed by atoms with Crippen LogP contribution in [0, 0.1) is 16.0 Å². The number of carbonyl (C=O) groups is 1. The van der Waals surface area contributed by atoms with Crippen molar-refractivity contribution in [2.75, 3.05) is 19.6 Å². The van der Waals surface area contributed by atoms with Gasteiger partial charge in [0.2, 0.25) is 5.91 Å². The fourth-order valence-corrected chi connectivity index (χ4v) is 2.11. The SMILES string of the molecule is O=C(/C=C/c1cccc([N+](=O)[O-])c1)NCC1CCNC1. The van der Waals surface area contributed by atoms with Crippen molar-refractivity contribution in [2.45, 2.75) is 6.42 Å². The number of rotatable bonds is 5. The number of hydrogen-bond donors (Lipinski definition) is 2. The Kier molecular flexibility index (Phi) is 4.84. The monoisotopic (exact) mass is 275 g/mol. The minimum absolute atomic E-state index is 0.0181. The van der Waals surface area contributed by atoms with Crippen LogP contribution in [0.5, 0.6) is 0 Å². The first-order valence-corrected chi connectivity index (χ1v) is 6.56. The highest BCUT2D eigenvalue weighted by Gasteiger charge is 2.14. The van der Waals surface area contributed by atoms with E-state index in [2.05, 4.69) is 10.6 Å². The summed E-state index contributed by atoms with van der Waals surface area (Å²) in [4.78, 5) is 21.8. The highest BCUT2D eigenvalue weighted by Crippen LogP contribution is 2.14. The fourth-order valence-electron chi connectivity index (χ4n) is 2.11. The first-order valence-electron chi connectivity index (χ1n) is 6.56. The predicted octanol–water partition coefficient (Wildman–Crippen LogP) is 1.33. The normalized spacial score (nSPS) is 18.3. The van der Waals surface area contributed by atoms with E-state index in [-0.39, 0.29) is 11.6 Å². The summed E-state index contributed by atoms with van der Waals surface area (Å²) in [6, 6.07) is 6.17. The summed E-state index contributed by atoms with van der Waals surface area (Å²) in [5.74, 6) is 0.313. The van der Waals surface area contributed by atoms with Gasteiger partial charge in [-0.1, -0.05) is 12.1 Å². The van der Waals surface area contributed by atoms with E-state index in [4.69, 9.17) is 0 Å². The molecule has 1 aromatic carbocycles. The summed E-state index contributed by atoms with van der Waals surface area (Å²) in [7, 11) is 0. The van der Waals surface area contributed by atoms with E-state index < -0.39 is 4.92 Å². The van der Waals surface area contributed by atoms with Crippen molar-refractivity contribution >= 4 is 17.7 Å². The molecule has 1 aliphatic rings. The lowest BCUT2D eigenvalue weighted by molar-refractivity contribution is -0.384. The third-order valence-corrected chi connectivity index (χ3v) is 3.24. The number of nitro benzene ring substituents is 1. The zero-order valence-corrected chi connectivity index (χ0v) is 11.0. The second-order valence-electron chi connectivity index (χ2n) is 4.79. The molecule has 6 heteroatoms. The molecule has 1 atom stereocenters. The van der Waals surface area contributed by atoms with E-state index in [1.54, 1.807) is 18.2 Å². The Hall–Kier alpha value is -2.21. The van der Waals surface area contributed by atoms with Crippen LogP contribution < -0.4 is 10.6 Å². The van der Waals surface area contributed by atoms with Crippen LogP contribution in [0.3, 0.4) is 0 Å². The lowest BCUT2D eigenvalue weighted by Crippen LogP contribution is -2.28. The van der Waals surface area contributed by atoms with Crippen LogP contribution in [0.2, 0.25) is 0 Å². The predicted molar refractivity (Wildman–Crippen MR) is 76.1 cm³/mol. The topological polar surface area (TPSA) is 84.3 Å². The number of nitro groups is 1. The average molecular weight is 275 g/mol. The molecule has 1 aromatic rings. The molecule has 0 spiro atoms. The molecule has 0 saturated carbocycles. The van der Waals surface area contributed by atoms with Crippen molar-refractivity contribution in [1.29, 1.82) is 0 Å². The number of hydrogen-bond acceptors (Lipinski definition) is 4. The van der Waals surface area contributed by atoms with Crippen LogP contribution in [-0.2, 0) is 4.79 Å². The van der Waals surface area contributed by atoms with Crippen molar-refractivity contribution in [1.82, 2.24) is 10.6 Å². The number of benzene rings is 1. The van der Waals surface area contributed by atoms with Gasteiger partial charge in [-0.15, -0.1) is 0 Å². The van der Waals surface area contributed by atoms with E-state index >= 15 is 0 Å². The van der Waals surface area contributed by atoms with Crippen LogP contribution in [0.25, 0.3) is 6.08 Å². The van der Waals surface area contributed by atoms with Gasteiger partial charge in [-0.2, -0.15) is 0 Å². The quantitative estimate of drug-likeness (QED) is 0.482. The molecule has 1 unspecified atom stereocenters. The van der Waals surface area contributed by atoms with Gasteiger partial charge in [-0.25, -0.2) is 0 Å². The zero-order chi connectivity index (χ0) is 14.4. The Morgan fingerprint density at radius 3 is 3.10 bits per heavy atom. The molecule has 1 heterocycles. The Morgan fingerprint density at radius 1 is 1.55 bits per heavy atom. The molecule has 2 rings (SSSR count). The smallest absolute Gasteiger partial charge is 0.270 e. The molecule has 1 aliphatic heterocycles. The number of carbonyl (C=O) groups excluding carboxylic acids is 1. The Balaban J connectivity index is 1.86. The third kappa shape index (κ3) is 4.17. The minimum atomic E-state index is -0.454. The molecule has 0 aliphatic carbocycles. The summed E-state index contributed by atoms with van der Waals surface area (Å²) in [6.45, 7) is 2.60. The number of nitrogens with one attached hydrogen (secondary N) is 2. The highest BCUT2D eigenvalue weighted by molar-refractivity contribution is 5.91. The standard InChI is InChI=1S/C14H17N3O3/c18-14(16-10-12-6-7-15-9-12)5-4-11-2-1-3-13(8-11)17(19)20/h1-5,8,12,15H,6-7,9-10H2,(H,16,18)/b5-4+. The molecule has 20 heavy (non-hydrogen) atoms. The van der Waals surface area contributed by atoms with E-state index in [1.165, 1.54) is 18.2 Å². The van der Waals surface area contributed by atoms with Gasteiger partial charge in [0.15, 0.2) is 0 Å². The average Bonchev–Trinajstić information content (AvgIpc) is 2.96. The summed E-state index contributed by atoms with van der Waals surface area (Å²) in [5.41, 5.74) is 0.654. The highest BCUT2D eigenvalue weighted by atomic mass is 16.6. The summed E-state index contributed by atoms with van der Waals surface area (Å²) >= 11 is 0. The van der Waals surface area contributed by atoms with Crippen LogP contribution in [0.15, 0.2) is 30.3 Å². The van der Waals surface area contributed by atoms with E-state index in [9.17, 15) is 14.9 Å². The number of nitrogens with zero attached hydrogens (tertiary/aromatic N) is 1. The van der Waals surface area contributed by atoms with Crippen molar-refractivity contribution in [2.24, 2.45) is 5.92 Å².